The van der Waals surface area contributed by atoms with Crippen molar-refractivity contribution in [1.82, 2.24) is 24.8 Å². The van der Waals surface area contributed by atoms with E-state index in [4.69, 9.17) is 21.3 Å². The molecule has 2 aromatic heterocycles. The predicted octanol–water partition coefficient (Wildman–Crippen LogP) is 2.62. The molecule has 0 bridgehead atoms. The van der Waals surface area contributed by atoms with E-state index in [0.717, 1.165) is 48.4 Å². The third-order valence-corrected chi connectivity index (χ3v) is 6.13. The van der Waals surface area contributed by atoms with Gasteiger partial charge in [-0.3, -0.25) is 4.90 Å². The number of hydrogen-bond acceptors (Lipinski definition) is 8. The van der Waals surface area contributed by atoms with Gasteiger partial charge in [-0.25, -0.2) is 4.98 Å². The summed E-state index contributed by atoms with van der Waals surface area (Å²) < 4.78 is 7.67. The van der Waals surface area contributed by atoms with Crippen molar-refractivity contribution in [3.05, 3.63) is 41.6 Å². The molecule has 3 aromatic rings. The molecule has 1 saturated heterocycles. The number of fused-ring (bicyclic) bond motifs is 1. The highest BCUT2D eigenvalue weighted by Crippen LogP contribution is 2.26. The minimum absolute atomic E-state index is 0.186. The molecule has 1 aliphatic rings. The molecule has 9 heteroatoms. The molecule has 186 valence electrons. The number of hydrogen-bond donors (Lipinski definition) is 4. The molecule has 6 N–H and O–H groups in total. The molecule has 0 spiro atoms. The summed E-state index contributed by atoms with van der Waals surface area (Å²) in [5.74, 6) is 1.44. The normalized spacial score (nSPS) is 14.0. The number of nitrogens with two attached hydrogens (primary N) is 2. The summed E-state index contributed by atoms with van der Waals surface area (Å²) in [6.45, 7) is 6.24. The summed E-state index contributed by atoms with van der Waals surface area (Å²) >= 11 is 0. The molecule has 1 aromatic carbocycles. The van der Waals surface area contributed by atoms with E-state index in [9.17, 15) is 0 Å². The second-order valence-electron chi connectivity index (χ2n) is 8.75. The van der Waals surface area contributed by atoms with Crippen LogP contribution in [0.1, 0.15) is 43.7 Å². The number of likely N-dealkylation sites (N-methyl/N-ethyl adjacent to an activating group) is 1. The van der Waals surface area contributed by atoms with Crippen molar-refractivity contribution < 1.29 is 9.84 Å². The zero-order chi connectivity index (χ0) is 24.5. The van der Waals surface area contributed by atoms with Crippen molar-refractivity contribution in [3.63, 3.8) is 0 Å². The summed E-state index contributed by atoms with van der Waals surface area (Å²) in [6, 6.07) is 8.89. The molecule has 0 atom stereocenters. The maximum absolute atomic E-state index is 8.29. The fourth-order valence-electron chi connectivity index (χ4n) is 4.17. The number of aliphatic hydroxyl groups is 1. The van der Waals surface area contributed by atoms with Crippen LogP contribution in [-0.2, 0) is 13.1 Å². The molecule has 1 fully saturated rings. The van der Waals surface area contributed by atoms with Crippen LogP contribution in [0.4, 0.5) is 11.8 Å². The Bertz CT molecular complexity index is 1040. The summed E-state index contributed by atoms with van der Waals surface area (Å²) in [5.41, 5.74) is 15.6. The van der Waals surface area contributed by atoms with Crippen LogP contribution >= 0.6 is 0 Å². The van der Waals surface area contributed by atoms with Crippen molar-refractivity contribution in [2.75, 3.05) is 45.3 Å². The predicted molar refractivity (Wildman–Crippen MR) is 138 cm³/mol. The number of nitrogens with one attached hydrogen (secondary N) is 1. The number of likely N-dealkylation sites (tertiary alicyclic amines) is 1. The topological polar surface area (TPSA) is 127 Å². The molecular formula is C25H39N7O2. The van der Waals surface area contributed by atoms with Gasteiger partial charge >= 0.3 is 0 Å². The van der Waals surface area contributed by atoms with Gasteiger partial charge in [-0.05, 0) is 31.2 Å². The highest BCUT2D eigenvalue weighted by atomic mass is 16.5. The minimum atomic E-state index is 0.186. The zero-order valence-corrected chi connectivity index (χ0v) is 20.6. The number of methoxy groups -OCH3 is 1. The summed E-state index contributed by atoms with van der Waals surface area (Å²) in [6.07, 6.45) is 6.63. The molecule has 1 aliphatic heterocycles. The van der Waals surface area contributed by atoms with Gasteiger partial charge in [-0.1, -0.05) is 38.3 Å². The van der Waals surface area contributed by atoms with Crippen molar-refractivity contribution in [3.8, 4) is 5.75 Å². The molecule has 0 aliphatic carbocycles. The van der Waals surface area contributed by atoms with Crippen molar-refractivity contribution >= 4 is 22.8 Å². The van der Waals surface area contributed by atoms with Gasteiger partial charge in [0.1, 0.15) is 11.3 Å². The number of ether oxygens (including phenoxy) is 1. The van der Waals surface area contributed by atoms with E-state index in [-0.39, 0.29) is 5.95 Å². The van der Waals surface area contributed by atoms with E-state index >= 15 is 0 Å². The van der Waals surface area contributed by atoms with E-state index in [1.54, 1.807) is 7.11 Å². The van der Waals surface area contributed by atoms with Gasteiger partial charge in [-0.2, -0.15) is 4.98 Å². The molecule has 3 heterocycles. The molecular weight excluding hydrogens is 430 g/mol. The number of aromatic nitrogens is 3. The first-order valence-electron chi connectivity index (χ1n) is 12.0. The third kappa shape index (κ3) is 6.59. The quantitative estimate of drug-likeness (QED) is 0.334. The van der Waals surface area contributed by atoms with Crippen LogP contribution in [0, 0.1) is 0 Å². The Hall–Kier alpha value is -2.88. The van der Waals surface area contributed by atoms with Gasteiger partial charge in [0.25, 0.3) is 0 Å². The van der Waals surface area contributed by atoms with Crippen LogP contribution in [0.2, 0.25) is 0 Å². The number of aliphatic hydroxyl groups excluding tert-OH is 1. The first kappa shape index (κ1) is 25.7. The average molecular weight is 470 g/mol. The number of anilines is 2. The van der Waals surface area contributed by atoms with E-state index < -0.39 is 0 Å². The Morgan fingerprint density at radius 3 is 2.59 bits per heavy atom. The molecule has 9 nitrogen and oxygen atoms in total. The monoisotopic (exact) mass is 469 g/mol. The molecule has 0 amide bonds. The van der Waals surface area contributed by atoms with Gasteiger partial charge in [0.2, 0.25) is 5.95 Å². The Labute approximate surface area is 202 Å². The Balaban J connectivity index is 0.000000406. The SMILES string of the molecule is CCCCCCO.CNC1CN(Cc2ccc(Cn3ccc4nc(N)nc(N)c43)c(OC)c2)C1. The van der Waals surface area contributed by atoms with Crippen LogP contribution in [0.5, 0.6) is 5.75 Å². The largest absolute Gasteiger partial charge is 0.496 e. The second kappa shape index (κ2) is 12.5. The van der Waals surface area contributed by atoms with Gasteiger partial charge in [0.15, 0.2) is 5.82 Å². The summed E-state index contributed by atoms with van der Waals surface area (Å²) in [5, 5.41) is 11.6. The highest BCUT2D eigenvalue weighted by Gasteiger charge is 2.24. The number of unbranched alkanes of at least 4 members (excludes halogenated alkanes) is 3. The van der Waals surface area contributed by atoms with Crippen molar-refractivity contribution in [2.45, 2.75) is 51.7 Å². The Kier molecular flexibility index (Phi) is 9.50. The van der Waals surface area contributed by atoms with Gasteiger partial charge < -0.3 is 31.2 Å². The zero-order valence-electron chi connectivity index (χ0n) is 20.6. The summed E-state index contributed by atoms with van der Waals surface area (Å²) in [7, 11) is 3.71. The molecule has 0 saturated carbocycles. The first-order valence-corrected chi connectivity index (χ1v) is 12.0. The fraction of sp³-hybridized carbons (Fsp3) is 0.520. The van der Waals surface area contributed by atoms with Crippen LogP contribution < -0.4 is 21.5 Å². The number of rotatable bonds is 10. The maximum Gasteiger partial charge on any atom is 0.222 e. The summed E-state index contributed by atoms with van der Waals surface area (Å²) in [4.78, 5) is 10.7. The van der Waals surface area contributed by atoms with Gasteiger partial charge in [0, 0.05) is 44.0 Å². The average Bonchev–Trinajstić information content (AvgIpc) is 3.20. The van der Waals surface area contributed by atoms with E-state index in [1.165, 1.54) is 24.8 Å². The number of nitrogen functional groups attached to an aromatic ring is 2. The molecule has 0 radical (unpaired) electrons. The Morgan fingerprint density at radius 1 is 1.12 bits per heavy atom. The first-order chi connectivity index (χ1) is 16.5. The van der Waals surface area contributed by atoms with Gasteiger partial charge in [-0.15, -0.1) is 0 Å². The molecule has 0 unspecified atom stereocenters. The Morgan fingerprint density at radius 2 is 1.91 bits per heavy atom. The fourth-order valence-corrected chi connectivity index (χ4v) is 4.17. The van der Waals surface area contributed by atoms with E-state index in [0.29, 0.717) is 25.0 Å². The highest BCUT2D eigenvalue weighted by molar-refractivity contribution is 5.86. The number of benzene rings is 1. The number of nitrogens with zero attached hydrogens (tertiary/aromatic N) is 4. The lowest BCUT2D eigenvalue weighted by Gasteiger charge is -2.39. The maximum atomic E-state index is 8.29. The lowest BCUT2D eigenvalue weighted by atomic mass is 10.1. The van der Waals surface area contributed by atoms with Gasteiger partial charge in [0.05, 0.1) is 19.2 Å². The minimum Gasteiger partial charge on any atom is -0.496 e. The lowest BCUT2D eigenvalue weighted by Crippen LogP contribution is -2.56. The molecule has 4 rings (SSSR count). The lowest BCUT2D eigenvalue weighted by molar-refractivity contribution is 0.124. The van der Waals surface area contributed by atoms with Crippen molar-refractivity contribution in [1.29, 1.82) is 0 Å². The van der Waals surface area contributed by atoms with Crippen LogP contribution in [-0.4, -0.2) is 64.4 Å². The van der Waals surface area contributed by atoms with Crippen LogP contribution in [0.15, 0.2) is 30.5 Å². The standard InChI is InChI=1S/C19H25N7O.C6H14O/c1-22-14-10-25(11-14)8-12-3-4-13(16(7-12)27-2)9-26-6-5-15-17(26)18(20)24-19(21)23-15;1-2-3-4-5-6-7/h3-7,14,22H,8-11H2,1-2H3,(H4,20,21,23,24);7H,2-6H2,1H3. The molecule has 34 heavy (non-hydrogen) atoms. The van der Waals surface area contributed by atoms with E-state index in [1.807, 2.05) is 23.9 Å². The van der Waals surface area contributed by atoms with Crippen LogP contribution in [0.25, 0.3) is 11.0 Å². The van der Waals surface area contributed by atoms with Crippen LogP contribution in [0.3, 0.4) is 0 Å². The second-order valence-corrected chi connectivity index (χ2v) is 8.75. The third-order valence-electron chi connectivity index (χ3n) is 6.13. The smallest absolute Gasteiger partial charge is 0.222 e. The van der Waals surface area contributed by atoms with E-state index in [2.05, 4.69) is 45.3 Å². The van der Waals surface area contributed by atoms with Crippen molar-refractivity contribution in [2.24, 2.45) is 0 Å².